The highest BCUT2D eigenvalue weighted by Gasteiger charge is 2.19. The lowest BCUT2D eigenvalue weighted by molar-refractivity contribution is -0.137. The number of rotatable bonds is 5. The second kappa shape index (κ2) is 8.35. The molecule has 2 aromatic rings. The number of anilines is 2. The van der Waals surface area contributed by atoms with Crippen molar-refractivity contribution >= 4 is 29.5 Å². The Labute approximate surface area is 157 Å². The molecule has 0 radical (unpaired) electrons. The zero-order valence-corrected chi connectivity index (χ0v) is 14.8. The van der Waals surface area contributed by atoms with E-state index in [-0.39, 0.29) is 18.4 Å². The topological polar surface area (TPSA) is 117 Å². The van der Waals surface area contributed by atoms with Gasteiger partial charge in [0, 0.05) is 23.0 Å². The molecule has 5 N–H and O–H groups in total. The highest BCUT2D eigenvalue weighted by Crippen LogP contribution is 2.26. The molecule has 0 saturated heterocycles. The summed E-state index contributed by atoms with van der Waals surface area (Å²) in [6.07, 6.45) is 4.17. The smallest absolute Gasteiger partial charge is 0.305 e. The summed E-state index contributed by atoms with van der Waals surface area (Å²) in [7, 11) is 0. The largest absolute Gasteiger partial charge is 0.481 e. The van der Waals surface area contributed by atoms with Crippen molar-refractivity contribution in [1.82, 2.24) is 0 Å². The Bertz CT molecular complexity index is 862. The Morgan fingerprint density at radius 1 is 1.26 bits per heavy atom. The monoisotopic (exact) mass is 366 g/mol. The third kappa shape index (κ3) is 4.84. The van der Waals surface area contributed by atoms with Gasteiger partial charge in [-0.2, -0.15) is 5.10 Å². The number of nitrogens with two attached hydrogens (primary N) is 1. The number of carboxylic acids is 1. The number of hydrazone groups is 1. The van der Waals surface area contributed by atoms with E-state index in [0.717, 1.165) is 36.1 Å². The predicted molar refractivity (Wildman–Crippen MR) is 105 cm³/mol. The van der Waals surface area contributed by atoms with Crippen molar-refractivity contribution in [2.75, 3.05) is 10.6 Å². The van der Waals surface area contributed by atoms with Gasteiger partial charge >= 0.3 is 5.97 Å². The molecule has 3 rings (SSSR count). The van der Waals surface area contributed by atoms with Crippen LogP contribution in [-0.4, -0.2) is 29.2 Å². The maximum Gasteiger partial charge on any atom is 0.305 e. The molecule has 1 aliphatic heterocycles. The van der Waals surface area contributed by atoms with E-state index in [0.29, 0.717) is 11.3 Å². The second-order valence-electron chi connectivity index (χ2n) is 6.56. The fourth-order valence-corrected chi connectivity index (χ4v) is 3.21. The van der Waals surface area contributed by atoms with Gasteiger partial charge < -0.3 is 21.6 Å². The minimum absolute atomic E-state index is 0.0638. The number of nitrogens with one attached hydrogen (secondary N) is 2. The summed E-state index contributed by atoms with van der Waals surface area (Å²) in [6.45, 7) is 0. The molecule has 7 nitrogen and oxygen atoms in total. The Balaban J connectivity index is 1.74. The molecule has 140 valence electrons. The highest BCUT2D eigenvalue weighted by molar-refractivity contribution is 6.05. The summed E-state index contributed by atoms with van der Waals surface area (Å²) in [5.74, 6) is 4.07. The number of fused-ring (bicyclic) bond motifs is 1. The van der Waals surface area contributed by atoms with E-state index in [9.17, 15) is 9.59 Å². The molecule has 7 heteroatoms. The number of amides is 1. The van der Waals surface area contributed by atoms with E-state index in [1.165, 1.54) is 6.21 Å². The number of nitrogens with zero attached hydrogens (tertiary/aromatic N) is 1. The van der Waals surface area contributed by atoms with E-state index in [4.69, 9.17) is 10.9 Å². The Morgan fingerprint density at radius 2 is 2.04 bits per heavy atom. The minimum atomic E-state index is -0.826. The number of hydrogen-bond donors (Lipinski definition) is 4. The van der Waals surface area contributed by atoms with Crippen LogP contribution >= 0.6 is 0 Å². The molecule has 1 atom stereocenters. The quantitative estimate of drug-likeness (QED) is 0.369. The van der Waals surface area contributed by atoms with E-state index >= 15 is 0 Å². The van der Waals surface area contributed by atoms with Crippen LogP contribution in [0.25, 0.3) is 0 Å². The lowest BCUT2D eigenvalue weighted by Crippen LogP contribution is -2.22. The van der Waals surface area contributed by atoms with Gasteiger partial charge in [-0.15, -0.1) is 0 Å². The van der Waals surface area contributed by atoms with Crippen LogP contribution in [0.4, 0.5) is 11.4 Å². The van der Waals surface area contributed by atoms with Gasteiger partial charge in [-0.1, -0.05) is 18.2 Å². The number of carboxylic acid groups (broad SMARTS) is 1. The van der Waals surface area contributed by atoms with Gasteiger partial charge in [0.25, 0.3) is 5.91 Å². The van der Waals surface area contributed by atoms with Crippen molar-refractivity contribution in [2.45, 2.75) is 31.7 Å². The van der Waals surface area contributed by atoms with Crippen LogP contribution < -0.4 is 16.5 Å². The molecule has 0 saturated carbocycles. The van der Waals surface area contributed by atoms with Crippen LogP contribution in [0.5, 0.6) is 0 Å². The SMILES string of the molecule is NN=Cc1ccc(NC(=O)c2ccc3c(c2)NC(CC(=O)O)CCC3)cc1. The molecule has 1 amide bonds. The normalized spacial score (nSPS) is 16.2. The van der Waals surface area contributed by atoms with E-state index < -0.39 is 5.97 Å². The Hall–Kier alpha value is -3.35. The van der Waals surface area contributed by atoms with Gasteiger partial charge in [-0.3, -0.25) is 9.59 Å². The highest BCUT2D eigenvalue weighted by atomic mass is 16.4. The van der Waals surface area contributed by atoms with Crippen molar-refractivity contribution in [3.8, 4) is 0 Å². The molecule has 0 fully saturated rings. The van der Waals surface area contributed by atoms with Crippen LogP contribution in [-0.2, 0) is 11.2 Å². The van der Waals surface area contributed by atoms with Crippen molar-refractivity contribution in [1.29, 1.82) is 0 Å². The molecule has 27 heavy (non-hydrogen) atoms. The lowest BCUT2D eigenvalue weighted by atomic mass is 10.0. The molecule has 0 spiro atoms. The Morgan fingerprint density at radius 3 is 2.74 bits per heavy atom. The van der Waals surface area contributed by atoms with Crippen molar-refractivity contribution in [3.05, 3.63) is 59.2 Å². The fraction of sp³-hybridized carbons (Fsp3) is 0.250. The molecule has 1 heterocycles. The van der Waals surface area contributed by atoms with Gasteiger partial charge in [0.15, 0.2) is 0 Å². The molecular formula is C20H22N4O3. The van der Waals surface area contributed by atoms with Crippen LogP contribution in [0.15, 0.2) is 47.6 Å². The van der Waals surface area contributed by atoms with E-state index in [1.807, 2.05) is 6.07 Å². The summed E-state index contributed by atoms with van der Waals surface area (Å²) >= 11 is 0. The van der Waals surface area contributed by atoms with Gasteiger partial charge in [-0.25, -0.2) is 0 Å². The molecule has 1 unspecified atom stereocenters. The first-order chi connectivity index (χ1) is 13.0. The summed E-state index contributed by atoms with van der Waals surface area (Å²) < 4.78 is 0. The maximum absolute atomic E-state index is 12.6. The number of carbonyl (C=O) groups is 2. The van der Waals surface area contributed by atoms with Gasteiger partial charge in [-0.05, 0) is 54.7 Å². The maximum atomic E-state index is 12.6. The Kier molecular flexibility index (Phi) is 5.71. The van der Waals surface area contributed by atoms with Crippen molar-refractivity contribution in [3.63, 3.8) is 0 Å². The molecule has 2 aromatic carbocycles. The van der Waals surface area contributed by atoms with E-state index in [2.05, 4.69) is 15.7 Å². The lowest BCUT2D eigenvalue weighted by Gasteiger charge is -2.17. The first-order valence-corrected chi connectivity index (χ1v) is 8.81. The van der Waals surface area contributed by atoms with Gasteiger partial charge in [0.1, 0.15) is 0 Å². The molecule has 0 aliphatic carbocycles. The third-order valence-corrected chi connectivity index (χ3v) is 4.54. The average Bonchev–Trinajstić information content (AvgIpc) is 2.83. The molecule has 0 bridgehead atoms. The zero-order chi connectivity index (χ0) is 19.2. The van der Waals surface area contributed by atoms with Crippen molar-refractivity contribution < 1.29 is 14.7 Å². The van der Waals surface area contributed by atoms with E-state index in [1.54, 1.807) is 36.4 Å². The minimum Gasteiger partial charge on any atom is -0.481 e. The van der Waals surface area contributed by atoms with Crippen LogP contribution in [0.1, 0.15) is 40.7 Å². The number of aryl methyl sites for hydroxylation is 1. The number of hydrogen-bond acceptors (Lipinski definition) is 5. The summed E-state index contributed by atoms with van der Waals surface area (Å²) in [4.78, 5) is 23.6. The standard InChI is InChI=1S/C20H22N4O3/c21-22-12-13-4-8-16(9-5-13)24-20(27)15-7-6-14-2-1-3-17(11-19(25)26)23-18(14)10-15/h4-10,12,17,23H,1-3,11,21H2,(H,24,27)(H,25,26). The summed E-state index contributed by atoms with van der Waals surface area (Å²) in [5, 5.41) is 18.6. The van der Waals surface area contributed by atoms with Crippen LogP contribution in [0.2, 0.25) is 0 Å². The van der Waals surface area contributed by atoms with Gasteiger partial charge in [0.2, 0.25) is 0 Å². The summed E-state index contributed by atoms with van der Waals surface area (Å²) in [6, 6.07) is 12.6. The van der Waals surface area contributed by atoms with Crippen LogP contribution in [0.3, 0.4) is 0 Å². The first-order valence-electron chi connectivity index (χ1n) is 8.81. The number of benzene rings is 2. The first kappa shape index (κ1) is 18.4. The fourth-order valence-electron chi connectivity index (χ4n) is 3.21. The third-order valence-electron chi connectivity index (χ3n) is 4.54. The van der Waals surface area contributed by atoms with Crippen LogP contribution in [0, 0.1) is 0 Å². The predicted octanol–water partition coefficient (Wildman–Crippen LogP) is 2.82. The second-order valence-corrected chi connectivity index (χ2v) is 6.56. The average molecular weight is 366 g/mol. The van der Waals surface area contributed by atoms with Crippen molar-refractivity contribution in [2.24, 2.45) is 10.9 Å². The summed E-state index contributed by atoms with van der Waals surface area (Å²) in [5.41, 5.74) is 3.96. The van der Waals surface area contributed by atoms with Gasteiger partial charge in [0.05, 0.1) is 12.6 Å². The zero-order valence-electron chi connectivity index (χ0n) is 14.8. The molecule has 1 aliphatic rings. The molecular weight excluding hydrogens is 344 g/mol. The number of aliphatic carboxylic acids is 1. The molecule has 0 aromatic heterocycles. The number of carbonyl (C=O) groups excluding carboxylic acids is 1.